The van der Waals surface area contributed by atoms with E-state index in [0.29, 0.717) is 18.2 Å². The van der Waals surface area contributed by atoms with Gasteiger partial charge in [0.15, 0.2) is 0 Å². The van der Waals surface area contributed by atoms with Gasteiger partial charge < -0.3 is 20.9 Å². The zero-order valence-corrected chi connectivity index (χ0v) is 11.1. The van der Waals surface area contributed by atoms with Crippen LogP contribution in [-0.4, -0.2) is 29.3 Å². The Morgan fingerprint density at radius 1 is 1.50 bits per heavy atom. The van der Waals surface area contributed by atoms with Crippen LogP contribution in [0.15, 0.2) is 12.1 Å². The van der Waals surface area contributed by atoms with E-state index >= 15 is 0 Å². The number of nitrogen functional groups attached to an aromatic ring is 1. The van der Waals surface area contributed by atoms with Crippen molar-refractivity contribution in [2.45, 2.75) is 39.2 Å². The Morgan fingerprint density at radius 2 is 2.28 bits per heavy atom. The molecule has 1 atom stereocenters. The number of hydrogen-bond acceptors (Lipinski definition) is 5. The Morgan fingerprint density at radius 3 is 2.94 bits per heavy atom. The fraction of sp³-hybridized carbons (Fsp3) is 0.615. The van der Waals surface area contributed by atoms with Crippen molar-refractivity contribution in [3.8, 4) is 5.88 Å². The molecule has 1 heterocycles. The van der Waals surface area contributed by atoms with Gasteiger partial charge in [0.2, 0.25) is 5.88 Å². The van der Waals surface area contributed by atoms with Gasteiger partial charge in [-0.25, -0.2) is 0 Å². The van der Waals surface area contributed by atoms with Crippen molar-refractivity contribution < 1.29 is 9.84 Å². The molecule has 0 radical (unpaired) electrons. The number of aromatic nitrogens is 1. The lowest BCUT2D eigenvalue weighted by Crippen LogP contribution is -2.09. The van der Waals surface area contributed by atoms with Crippen LogP contribution < -0.4 is 15.8 Å². The molecule has 0 amide bonds. The maximum Gasteiger partial charge on any atom is 0.239 e. The van der Waals surface area contributed by atoms with E-state index in [0.717, 1.165) is 31.6 Å². The van der Waals surface area contributed by atoms with Crippen LogP contribution in [0.1, 0.15) is 33.1 Å². The molecule has 18 heavy (non-hydrogen) atoms. The van der Waals surface area contributed by atoms with Gasteiger partial charge in [-0.3, -0.25) is 0 Å². The summed E-state index contributed by atoms with van der Waals surface area (Å²) < 4.78 is 5.46. The third-order valence-corrected chi connectivity index (χ3v) is 2.44. The lowest BCUT2D eigenvalue weighted by atomic mass is 10.2. The monoisotopic (exact) mass is 253 g/mol. The van der Waals surface area contributed by atoms with Crippen molar-refractivity contribution in [3.05, 3.63) is 12.1 Å². The van der Waals surface area contributed by atoms with Gasteiger partial charge in [0, 0.05) is 6.54 Å². The summed E-state index contributed by atoms with van der Waals surface area (Å²) in [6.07, 6.45) is 2.35. The molecule has 1 aromatic heterocycles. The van der Waals surface area contributed by atoms with E-state index in [4.69, 9.17) is 15.6 Å². The predicted octanol–water partition coefficient (Wildman–Crippen LogP) is 2.03. The fourth-order valence-corrected chi connectivity index (χ4v) is 1.48. The molecule has 0 bridgehead atoms. The first-order valence-corrected chi connectivity index (χ1v) is 6.44. The number of nitrogens with two attached hydrogens (primary N) is 1. The van der Waals surface area contributed by atoms with Crippen LogP contribution >= 0.6 is 0 Å². The molecule has 5 nitrogen and oxygen atoms in total. The first-order valence-electron chi connectivity index (χ1n) is 6.44. The number of hydrogen-bond donors (Lipinski definition) is 3. The summed E-state index contributed by atoms with van der Waals surface area (Å²) >= 11 is 0. The third kappa shape index (κ3) is 5.23. The van der Waals surface area contributed by atoms with Gasteiger partial charge in [-0.2, -0.15) is 4.98 Å². The van der Waals surface area contributed by atoms with Crippen LogP contribution in [0.25, 0.3) is 0 Å². The van der Waals surface area contributed by atoms with E-state index in [2.05, 4.69) is 10.3 Å². The largest absolute Gasteiger partial charge is 0.476 e. The molecule has 5 heteroatoms. The van der Waals surface area contributed by atoms with E-state index in [-0.39, 0.29) is 6.10 Å². The van der Waals surface area contributed by atoms with Crippen molar-refractivity contribution in [3.63, 3.8) is 0 Å². The molecule has 1 aromatic rings. The molecule has 0 saturated carbocycles. The van der Waals surface area contributed by atoms with Crippen LogP contribution in [0.3, 0.4) is 0 Å². The summed E-state index contributed by atoms with van der Waals surface area (Å²) in [6, 6.07) is 3.62. The minimum absolute atomic E-state index is 0.255. The minimum atomic E-state index is -0.255. The first-order chi connectivity index (χ1) is 8.63. The molecule has 4 N–H and O–H groups in total. The second kappa shape index (κ2) is 7.76. The summed E-state index contributed by atoms with van der Waals surface area (Å²) in [4.78, 5) is 4.31. The molecule has 0 aliphatic carbocycles. The van der Waals surface area contributed by atoms with Gasteiger partial charge in [0.1, 0.15) is 5.82 Å². The standard InChI is InChI=1S/C13H23N3O2/c1-3-9-18-13-11(14)6-7-12(16-13)15-8-4-5-10(2)17/h6-7,10,17H,3-5,8-9,14H2,1-2H3,(H,15,16). The van der Waals surface area contributed by atoms with Gasteiger partial charge in [-0.05, 0) is 38.3 Å². The fourth-order valence-electron chi connectivity index (χ4n) is 1.48. The second-order valence-electron chi connectivity index (χ2n) is 4.36. The van der Waals surface area contributed by atoms with Gasteiger partial charge >= 0.3 is 0 Å². The van der Waals surface area contributed by atoms with Crippen molar-refractivity contribution in [1.29, 1.82) is 0 Å². The molecule has 1 unspecified atom stereocenters. The molecule has 0 spiro atoms. The van der Waals surface area contributed by atoms with Crippen molar-refractivity contribution >= 4 is 11.5 Å². The minimum Gasteiger partial charge on any atom is -0.476 e. The number of nitrogens with one attached hydrogen (secondary N) is 1. The molecular formula is C13H23N3O2. The highest BCUT2D eigenvalue weighted by atomic mass is 16.5. The number of aliphatic hydroxyl groups excluding tert-OH is 1. The number of pyridine rings is 1. The van der Waals surface area contributed by atoms with E-state index < -0.39 is 0 Å². The predicted molar refractivity (Wildman–Crippen MR) is 73.8 cm³/mol. The smallest absolute Gasteiger partial charge is 0.239 e. The maximum atomic E-state index is 9.15. The van der Waals surface area contributed by atoms with Crippen molar-refractivity contribution in [1.82, 2.24) is 4.98 Å². The Balaban J connectivity index is 2.45. The lowest BCUT2D eigenvalue weighted by molar-refractivity contribution is 0.183. The molecule has 0 aliphatic rings. The second-order valence-corrected chi connectivity index (χ2v) is 4.36. The molecule has 0 aliphatic heterocycles. The van der Waals surface area contributed by atoms with E-state index in [1.807, 2.05) is 13.0 Å². The van der Waals surface area contributed by atoms with Gasteiger partial charge in [0.25, 0.3) is 0 Å². The molecule has 1 rings (SSSR count). The van der Waals surface area contributed by atoms with E-state index in [9.17, 15) is 0 Å². The quantitative estimate of drug-likeness (QED) is 0.618. The molecule has 0 aromatic carbocycles. The van der Waals surface area contributed by atoms with Crippen molar-refractivity contribution in [2.24, 2.45) is 0 Å². The molecule has 0 fully saturated rings. The zero-order chi connectivity index (χ0) is 13.4. The molecule has 102 valence electrons. The maximum absolute atomic E-state index is 9.15. The first kappa shape index (κ1) is 14.6. The number of anilines is 2. The van der Waals surface area contributed by atoms with Crippen LogP contribution in [-0.2, 0) is 0 Å². The average molecular weight is 253 g/mol. The zero-order valence-electron chi connectivity index (χ0n) is 11.1. The van der Waals surface area contributed by atoms with Crippen LogP contribution in [0.2, 0.25) is 0 Å². The molecular weight excluding hydrogens is 230 g/mol. The van der Waals surface area contributed by atoms with Crippen LogP contribution in [0.4, 0.5) is 11.5 Å². The SMILES string of the molecule is CCCOc1nc(NCCCC(C)O)ccc1N. The Bertz CT molecular complexity index is 356. The molecule has 0 saturated heterocycles. The summed E-state index contributed by atoms with van der Waals surface area (Å²) in [5, 5.41) is 12.3. The highest BCUT2D eigenvalue weighted by Crippen LogP contribution is 2.20. The number of nitrogens with zero attached hydrogens (tertiary/aromatic N) is 1. The lowest BCUT2D eigenvalue weighted by Gasteiger charge is -2.10. The average Bonchev–Trinajstić information content (AvgIpc) is 2.34. The summed E-state index contributed by atoms with van der Waals surface area (Å²) in [6.45, 7) is 5.21. The van der Waals surface area contributed by atoms with Crippen LogP contribution in [0.5, 0.6) is 5.88 Å². The van der Waals surface area contributed by atoms with E-state index in [1.165, 1.54) is 0 Å². The summed E-state index contributed by atoms with van der Waals surface area (Å²) in [7, 11) is 0. The third-order valence-electron chi connectivity index (χ3n) is 2.44. The van der Waals surface area contributed by atoms with Crippen LogP contribution in [0, 0.1) is 0 Å². The van der Waals surface area contributed by atoms with Crippen molar-refractivity contribution in [2.75, 3.05) is 24.2 Å². The number of rotatable bonds is 8. The topological polar surface area (TPSA) is 80.4 Å². The Kier molecular flexibility index (Phi) is 6.28. The highest BCUT2D eigenvalue weighted by molar-refractivity contribution is 5.53. The normalized spacial score (nSPS) is 12.2. The summed E-state index contributed by atoms with van der Waals surface area (Å²) in [5.74, 6) is 1.23. The number of ether oxygens (including phenoxy) is 1. The van der Waals surface area contributed by atoms with Gasteiger partial charge in [-0.15, -0.1) is 0 Å². The van der Waals surface area contributed by atoms with E-state index in [1.54, 1.807) is 13.0 Å². The summed E-state index contributed by atoms with van der Waals surface area (Å²) in [5.41, 5.74) is 6.33. The number of aliphatic hydroxyl groups is 1. The Hall–Kier alpha value is -1.49. The van der Waals surface area contributed by atoms with Gasteiger partial charge in [-0.1, -0.05) is 6.92 Å². The highest BCUT2D eigenvalue weighted by Gasteiger charge is 2.04. The van der Waals surface area contributed by atoms with Gasteiger partial charge in [0.05, 0.1) is 18.4 Å². The Labute approximate surface area is 108 Å².